The minimum atomic E-state index is -0.551. The number of hydrogen-bond acceptors (Lipinski definition) is 2. The molecule has 276 valence electrons. The summed E-state index contributed by atoms with van der Waals surface area (Å²) in [5.41, 5.74) is 18.4. The van der Waals surface area contributed by atoms with Gasteiger partial charge in [0.15, 0.2) is 0 Å². The summed E-state index contributed by atoms with van der Waals surface area (Å²) in [6.07, 6.45) is 0. The van der Waals surface area contributed by atoms with Gasteiger partial charge in [-0.3, -0.25) is 4.57 Å². The maximum atomic E-state index is 5.58. The first-order valence-corrected chi connectivity index (χ1v) is 20.3. The molecule has 0 amide bonds. The second kappa shape index (κ2) is 13.2. The molecule has 8 aromatic carbocycles. The van der Waals surface area contributed by atoms with Crippen LogP contribution in [0.3, 0.4) is 0 Å². The van der Waals surface area contributed by atoms with Gasteiger partial charge in [0.25, 0.3) is 0 Å². The van der Waals surface area contributed by atoms with Gasteiger partial charge in [-0.1, -0.05) is 170 Å². The molecule has 1 spiro atoms. The van der Waals surface area contributed by atoms with E-state index in [2.05, 4.69) is 234 Å². The van der Waals surface area contributed by atoms with Crippen molar-refractivity contribution >= 4 is 28.0 Å². The van der Waals surface area contributed by atoms with Crippen molar-refractivity contribution in [1.82, 2.24) is 9.55 Å². The summed E-state index contributed by atoms with van der Waals surface area (Å²) in [7, 11) is 0. The summed E-state index contributed by atoms with van der Waals surface area (Å²) >= 11 is 0. The van der Waals surface area contributed by atoms with Gasteiger partial charge in [0.2, 0.25) is 0 Å². The second-order valence-electron chi connectivity index (χ2n) is 15.5. The SMILES string of the molecule is c1ccc(-c2cc(-c3ccccc3)nc(-n3c4c(c5cc(N(c6ccccc6)c6ccccc6)ccc53)C3(c5ccccc5-c5ccccc53)c3ccccc3-4)c2)cc1. The van der Waals surface area contributed by atoms with E-state index in [1.54, 1.807) is 0 Å². The van der Waals surface area contributed by atoms with Gasteiger partial charge in [-0.25, -0.2) is 4.98 Å². The number of pyridine rings is 1. The van der Waals surface area contributed by atoms with Crippen molar-refractivity contribution in [2.75, 3.05) is 4.90 Å². The van der Waals surface area contributed by atoms with Crippen molar-refractivity contribution in [3.05, 3.63) is 247 Å². The van der Waals surface area contributed by atoms with E-state index in [0.717, 1.165) is 50.8 Å². The van der Waals surface area contributed by atoms with Crippen molar-refractivity contribution in [3.63, 3.8) is 0 Å². The summed E-state index contributed by atoms with van der Waals surface area (Å²) in [6.45, 7) is 0. The molecule has 0 saturated carbocycles. The van der Waals surface area contributed by atoms with Crippen LogP contribution in [-0.4, -0.2) is 9.55 Å². The summed E-state index contributed by atoms with van der Waals surface area (Å²) in [5.74, 6) is 0.888. The molecule has 0 saturated heterocycles. The molecular formula is C56H37N3. The Morgan fingerprint density at radius 3 is 1.47 bits per heavy atom. The summed E-state index contributed by atoms with van der Waals surface area (Å²) in [5, 5.41) is 1.20. The molecule has 2 aliphatic rings. The van der Waals surface area contributed by atoms with Gasteiger partial charge in [-0.05, 0) is 93.5 Å². The van der Waals surface area contributed by atoms with Gasteiger partial charge in [0, 0.05) is 39.1 Å². The highest BCUT2D eigenvalue weighted by molar-refractivity contribution is 6.06. The molecule has 0 unspecified atom stereocenters. The molecule has 3 heteroatoms. The topological polar surface area (TPSA) is 21.1 Å². The number of rotatable bonds is 6. The molecule has 2 heterocycles. The average molecular weight is 752 g/mol. The first-order valence-electron chi connectivity index (χ1n) is 20.3. The van der Waals surface area contributed by atoms with Crippen LogP contribution in [0.1, 0.15) is 22.3 Å². The van der Waals surface area contributed by atoms with Crippen molar-refractivity contribution in [1.29, 1.82) is 0 Å². The largest absolute Gasteiger partial charge is 0.310 e. The lowest BCUT2D eigenvalue weighted by molar-refractivity contribution is 0.801. The lowest BCUT2D eigenvalue weighted by Crippen LogP contribution is -2.25. The molecule has 0 fully saturated rings. The van der Waals surface area contributed by atoms with Gasteiger partial charge in [0.05, 0.1) is 22.3 Å². The van der Waals surface area contributed by atoms with Crippen molar-refractivity contribution in [3.8, 4) is 50.6 Å². The Morgan fingerprint density at radius 2 is 0.881 bits per heavy atom. The molecular weight excluding hydrogens is 715 g/mol. The maximum absolute atomic E-state index is 5.58. The average Bonchev–Trinajstić information content (AvgIpc) is 3.92. The molecule has 0 N–H and O–H groups in total. The van der Waals surface area contributed by atoms with Gasteiger partial charge >= 0.3 is 0 Å². The minimum absolute atomic E-state index is 0.551. The van der Waals surface area contributed by atoms with Crippen LogP contribution in [0.2, 0.25) is 0 Å². The van der Waals surface area contributed by atoms with Crippen LogP contribution in [0.25, 0.3) is 61.5 Å². The van der Waals surface area contributed by atoms with Crippen LogP contribution < -0.4 is 4.90 Å². The zero-order valence-corrected chi connectivity index (χ0v) is 32.2. The van der Waals surface area contributed by atoms with Gasteiger partial charge in [-0.2, -0.15) is 0 Å². The van der Waals surface area contributed by atoms with Gasteiger partial charge < -0.3 is 4.90 Å². The zero-order chi connectivity index (χ0) is 38.9. The van der Waals surface area contributed by atoms with Crippen molar-refractivity contribution in [2.45, 2.75) is 5.41 Å². The fraction of sp³-hybridized carbons (Fsp3) is 0.0179. The van der Waals surface area contributed by atoms with E-state index in [1.807, 2.05) is 0 Å². The van der Waals surface area contributed by atoms with E-state index < -0.39 is 5.41 Å². The van der Waals surface area contributed by atoms with E-state index in [4.69, 9.17) is 4.98 Å². The van der Waals surface area contributed by atoms with Crippen LogP contribution in [0.5, 0.6) is 0 Å². The maximum Gasteiger partial charge on any atom is 0.138 e. The first-order chi connectivity index (χ1) is 29.3. The summed E-state index contributed by atoms with van der Waals surface area (Å²) < 4.78 is 2.46. The summed E-state index contributed by atoms with van der Waals surface area (Å²) in [4.78, 5) is 7.95. The molecule has 0 atom stereocenters. The molecule has 0 radical (unpaired) electrons. The monoisotopic (exact) mass is 751 g/mol. The van der Waals surface area contributed by atoms with Crippen LogP contribution in [-0.2, 0) is 5.41 Å². The van der Waals surface area contributed by atoms with E-state index >= 15 is 0 Å². The predicted molar refractivity (Wildman–Crippen MR) is 243 cm³/mol. The van der Waals surface area contributed by atoms with Crippen LogP contribution >= 0.6 is 0 Å². The Hall–Kier alpha value is -7.75. The fourth-order valence-corrected chi connectivity index (χ4v) is 10.0. The molecule has 3 nitrogen and oxygen atoms in total. The highest BCUT2D eigenvalue weighted by Crippen LogP contribution is 2.65. The lowest BCUT2D eigenvalue weighted by Gasteiger charge is -2.30. The second-order valence-corrected chi connectivity index (χ2v) is 15.5. The van der Waals surface area contributed by atoms with E-state index in [0.29, 0.717) is 0 Å². The lowest BCUT2D eigenvalue weighted by atomic mass is 9.70. The quantitative estimate of drug-likeness (QED) is 0.169. The predicted octanol–water partition coefficient (Wildman–Crippen LogP) is 14.2. The van der Waals surface area contributed by atoms with E-state index in [-0.39, 0.29) is 0 Å². The minimum Gasteiger partial charge on any atom is -0.310 e. The zero-order valence-electron chi connectivity index (χ0n) is 32.2. The van der Waals surface area contributed by atoms with Crippen LogP contribution in [0, 0.1) is 0 Å². The molecule has 0 aliphatic heterocycles. The highest BCUT2D eigenvalue weighted by atomic mass is 15.1. The Balaban J connectivity index is 1.24. The van der Waals surface area contributed by atoms with Gasteiger partial charge in [-0.15, -0.1) is 0 Å². The van der Waals surface area contributed by atoms with Crippen molar-refractivity contribution in [2.24, 2.45) is 0 Å². The number of para-hydroxylation sites is 2. The number of aromatic nitrogens is 2. The third-order valence-corrected chi connectivity index (χ3v) is 12.4. The molecule has 2 aliphatic carbocycles. The first kappa shape index (κ1) is 33.4. The number of nitrogens with zero attached hydrogens (tertiary/aromatic N) is 3. The third kappa shape index (κ3) is 4.92. The normalized spacial score (nSPS) is 12.9. The Morgan fingerprint density at radius 1 is 0.390 bits per heavy atom. The number of fused-ring (bicyclic) bond motifs is 12. The molecule has 59 heavy (non-hydrogen) atoms. The van der Waals surface area contributed by atoms with Crippen molar-refractivity contribution < 1.29 is 0 Å². The molecule has 10 aromatic rings. The highest BCUT2D eigenvalue weighted by Gasteiger charge is 2.54. The van der Waals surface area contributed by atoms with Crippen LogP contribution in [0.15, 0.2) is 224 Å². The summed E-state index contributed by atoms with van der Waals surface area (Å²) in [6, 6.07) is 81.4. The molecule has 0 bridgehead atoms. The number of benzene rings is 8. The Kier molecular flexibility index (Phi) is 7.45. The third-order valence-electron chi connectivity index (χ3n) is 12.4. The van der Waals surface area contributed by atoms with Crippen LogP contribution in [0.4, 0.5) is 17.1 Å². The van der Waals surface area contributed by atoms with E-state index in [1.165, 1.54) is 50.0 Å². The molecule has 12 rings (SSSR count). The smallest absolute Gasteiger partial charge is 0.138 e. The fourth-order valence-electron chi connectivity index (χ4n) is 10.0. The standard InChI is InChI=1S/C56H37N3/c1-5-19-38(20-6-1)40-35-51(39-21-7-2-8-22-39)57-53(36-40)59-52-34-33-43(58(41-23-9-3-10-24-41)42-25-11-4-12-26-42)37-47(52)54-55(59)46-29-15-18-32-50(46)56(54)48-30-16-13-27-44(48)45-28-14-17-31-49(45)56/h1-37H. The van der Waals surface area contributed by atoms with Gasteiger partial charge in [0.1, 0.15) is 5.82 Å². The number of anilines is 3. The Bertz CT molecular complexity index is 3060. The molecule has 2 aromatic heterocycles. The number of hydrogen-bond donors (Lipinski definition) is 0. The Labute approximate surface area is 343 Å². The van der Waals surface area contributed by atoms with E-state index in [9.17, 15) is 0 Å².